The van der Waals surface area contributed by atoms with Crippen LogP contribution in [0.3, 0.4) is 0 Å². The van der Waals surface area contributed by atoms with Crippen molar-refractivity contribution < 1.29 is 4.79 Å². The van der Waals surface area contributed by atoms with Crippen LogP contribution in [0.2, 0.25) is 0 Å². The molecule has 21 heavy (non-hydrogen) atoms. The first-order valence-electron chi connectivity index (χ1n) is 7.51. The highest BCUT2D eigenvalue weighted by molar-refractivity contribution is 9.10. The van der Waals surface area contributed by atoms with Crippen LogP contribution in [0, 0.1) is 11.8 Å². The van der Waals surface area contributed by atoms with E-state index in [9.17, 15) is 4.79 Å². The molecule has 0 saturated heterocycles. The van der Waals surface area contributed by atoms with E-state index in [1.54, 1.807) is 0 Å². The van der Waals surface area contributed by atoms with Crippen LogP contribution < -0.4 is 11.1 Å². The molecule has 1 rings (SSSR count). The van der Waals surface area contributed by atoms with Crippen LogP contribution in [0.5, 0.6) is 0 Å². The number of carbonyl (C=O) groups excluding carboxylic acids is 1. The van der Waals surface area contributed by atoms with E-state index in [2.05, 4.69) is 35.1 Å². The molecule has 0 bridgehead atoms. The molecule has 1 aromatic carbocycles. The smallest absolute Gasteiger partial charge is 0.220 e. The van der Waals surface area contributed by atoms with Gasteiger partial charge in [0.2, 0.25) is 5.91 Å². The predicted molar refractivity (Wildman–Crippen MR) is 91.9 cm³/mol. The molecule has 0 spiro atoms. The van der Waals surface area contributed by atoms with E-state index < -0.39 is 0 Å². The summed E-state index contributed by atoms with van der Waals surface area (Å²) in [7, 11) is 0. The van der Waals surface area contributed by atoms with Crippen LogP contribution in [0.1, 0.15) is 46.1 Å². The third-order valence-electron chi connectivity index (χ3n) is 3.63. The minimum atomic E-state index is -0.380. The maximum atomic E-state index is 12.3. The monoisotopic (exact) mass is 354 g/mol. The van der Waals surface area contributed by atoms with Crippen molar-refractivity contribution in [3.05, 3.63) is 34.3 Å². The van der Waals surface area contributed by atoms with Crippen LogP contribution in [0.4, 0.5) is 0 Å². The standard InChI is InChI=1S/C17H27BrN2O/c1-12(2)9-13(11-19)10-16(21)20-17(3,4)14-5-7-15(18)8-6-14/h5-8,12-13H,9-11,19H2,1-4H3,(H,20,21). The van der Waals surface area contributed by atoms with Crippen LogP contribution in [-0.4, -0.2) is 12.5 Å². The lowest BCUT2D eigenvalue weighted by molar-refractivity contribution is -0.123. The van der Waals surface area contributed by atoms with Gasteiger partial charge in [-0.15, -0.1) is 0 Å². The zero-order chi connectivity index (χ0) is 16.0. The highest BCUT2D eigenvalue weighted by Gasteiger charge is 2.24. The Morgan fingerprint density at radius 1 is 1.29 bits per heavy atom. The second-order valence-corrected chi connectivity index (χ2v) is 7.53. The number of carbonyl (C=O) groups is 1. The first-order valence-corrected chi connectivity index (χ1v) is 8.31. The van der Waals surface area contributed by atoms with Gasteiger partial charge in [-0.3, -0.25) is 4.79 Å². The van der Waals surface area contributed by atoms with Crippen LogP contribution in [-0.2, 0) is 10.3 Å². The molecular weight excluding hydrogens is 328 g/mol. The molecule has 0 aliphatic heterocycles. The maximum Gasteiger partial charge on any atom is 0.220 e. The Kier molecular flexibility index (Phi) is 6.88. The van der Waals surface area contributed by atoms with Gasteiger partial charge in [-0.05, 0) is 56.3 Å². The molecule has 0 aromatic heterocycles. The predicted octanol–water partition coefficient (Wildman–Crippen LogP) is 3.81. The van der Waals surface area contributed by atoms with E-state index in [-0.39, 0.29) is 17.4 Å². The van der Waals surface area contributed by atoms with Crippen molar-refractivity contribution >= 4 is 21.8 Å². The molecule has 0 heterocycles. The Bertz CT molecular complexity index is 454. The van der Waals surface area contributed by atoms with Gasteiger partial charge in [0.25, 0.3) is 0 Å². The summed E-state index contributed by atoms with van der Waals surface area (Å²) in [5.74, 6) is 0.885. The van der Waals surface area contributed by atoms with Crippen LogP contribution in [0.15, 0.2) is 28.7 Å². The first kappa shape index (κ1) is 18.2. The number of nitrogens with one attached hydrogen (secondary N) is 1. The number of rotatable bonds is 7. The average Bonchev–Trinajstić information content (AvgIpc) is 2.37. The Balaban J connectivity index is 2.65. The summed E-state index contributed by atoms with van der Waals surface area (Å²) < 4.78 is 1.04. The Hall–Kier alpha value is -0.870. The number of hydrogen-bond acceptors (Lipinski definition) is 2. The molecule has 1 unspecified atom stereocenters. The minimum Gasteiger partial charge on any atom is -0.347 e. The normalized spacial score (nSPS) is 13.3. The Labute approximate surface area is 136 Å². The van der Waals surface area contributed by atoms with E-state index in [1.165, 1.54) is 0 Å². The molecule has 3 N–H and O–H groups in total. The summed E-state index contributed by atoms with van der Waals surface area (Å²) in [6, 6.07) is 8.03. The zero-order valence-corrected chi connectivity index (χ0v) is 15.0. The van der Waals surface area contributed by atoms with Gasteiger partial charge in [0, 0.05) is 10.9 Å². The van der Waals surface area contributed by atoms with Crippen molar-refractivity contribution in [2.45, 2.75) is 46.1 Å². The summed E-state index contributed by atoms with van der Waals surface area (Å²) >= 11 is 3.43. The summed E-state index contributed by atoms with van der Waals surface area (Å²) in [5, 5.41) is 3.12. The van der Waals surface area contributed by atoms with Crippen molar-refractivity contribution in [1.29, 1.82) is 0 Å². The summed E-state index contributed by atoms with van der Waals surface area (Å²) in [5.41, 5.74) is 6.49. The van der Waals surface area contributed by atoms with Crippen LogP contribution in [0.25, 0.3) is 0 Å². The fraction of sp³-hybridized carbons (Fsp3) is 0.588. The third kappa shape index (κ3) is 6.18. The summed E-state index contributed by atoms with van der Waals surface area (Å²) in [6.45, 7) is 8.92. The molecule has 0 saturated carbocycles. The number of amides is 1. The molecule has 0 fully saturated rings. The largest absolute Gasteiger partial charge is 0.347 e. The molecule has 1 aromatic rings. The van der Waals surface area contributed by atoms with Gasteiger partial charge < -0.3 is 11.1 Å². The summed E-state index contributed by atoms with van der Waals surface area (Å²) in [4.78, 5) is 12.3. The van der Waals surface area contributed by atoms with Crippen molar-refractivity contribution in [2.75, 3.05) is 6.54 Å². The number of nitrogens with two attached hydrogens (primary N) is 1. The van der Waals surface area contributed by atoms with Gasteiger partial charge in [-0.2, -0.15) is 0 Å². The molecule has 0 radical (unpaired) electrons. The van der Waals surface area contributed by atoms with Gasteiger partial charge in [0.1, 0.15) is 0 Å². The Morgan fingerprint density at radius 2 is 1.86 bits per heavy atom. The highest BCUT2D eigenvalue weighted by atomic mass is 79.9. The fourth-order valence-corrected chi connectivity index (χ4v) is 2.79. The molecule has 4 heteroatoms. The molecule has 3 nitrogen and oxygen atoms in total. The van der Waals surface area contributed by atoms with Gasteiger partial charge in [0.15, 0.2) is 0 Å². The van der Waals surface area contributed by atoms with Crippen molar-refractivity contribution in [3.63, 3.8) is 0 Å². The van der Waals surface area contributed by atoms with E-state index in [1.807, 2.05) is 38.1 Å². The number of halogens is 1. The molecule has 0 aliphatic carbocycles. The first-order chi connectivity index (χ1) is 9.74. The third-order valence-corrected chi connectivity index (χ3v) is 4.16. The van der Waals surface area contributed by atoms with Crippen molar-refractivity contribution in [2.24, 2.45) is 17.6 Å². The average molecular weight is 355 g/mol. The number of hydrogen-bond donors (Lipinski definition) is 2. The second-order valence-electron chi connectivity index (χ2n) is 6.62. The molecule has 118 valence electrons. The van der Waals surface area contributed by atoms with Crippen LogP contribution >= 0.6 is 15.9 Å². The van der Waals surface area contributed by atoms with E-state index in [0.29, 0.717) is 18.9 Å². The minimum absolute atomic E-state index is 0.0685. The van der Waals surface area contributed by atoms with Crippen molar-refractivity contribution in [3.8, 4) is 0 Å². The van der Waals surface area contributed by atoms with Gasteiger partial charge in [-0.1, -0.05) is 41.9 Å². The molecule has 0 aliphatic rings. The summed E-state index contributed by atoms with van der Waals surface area (Å²) in [6.07, 6.45) is 1.48. The van der Waals surface area contributed by atoms with Crippen molar-refractivity contribution in [1.82, 2.24) is 5.32 Å². The number of benzene rings is 1. The SMILES string of the molecule is CC(C)CC(CN)CC(=O)NC(C)(C)c1ccc(Br)cc1. The van der Waals surface area contributed by atoms with E-state index in [0.717, 1.165) is 16.5 Å². The quantitative estimate of drug-likeness (QED) is 0.781. The molecular formula is C17H27BrN2O. The zero-order valence-electron chi connectivity index (χ0n) is 13.4. The second kappa shape index (κ2) is 7.95. The lowest BCUT2D eigenvalue weighted by Gasteiger charge is -2.28. The van der Waals surface area contributed by atoms with Gasteiger partial charge in [-0.25, -0.2) is 0 Å². The van der Waals surface area contributed by atoms with Gasteiger partial charge >= 0.3 is 0 Å². The highest BCUT2D eigenvalue weighted by Crippen LogP contribution is 2.23. The van der Waals surface area contributed by atoms with Gasteiger partial charge in [0.05, 0.1) is 5.54 Å². The van der Waals surface area contributed by atoms with E-state index in [4.69, 9.17) is 5.73 Å². The molecule has 1 amide bonds. The topological polar surface area (TPSA) is 55.1 Å². The lowest BCUT2D eigenvalue weighted by atomic mass is 9.91. The maximum absolute atomic E-state index is 12.3. The lowest BCUT2D eigenvalue weighted by Crippen LogP contribution is -2.42. The molecule has 1 atom stereocenters. The van der Waals surface area contributed by atoms with E-state index >= 15 is 0 Å². The fourth-order valence-electron chi connectivity index (χ4n) is 2.53. The Morgan fingerprint density at radius 3 is 2.33 bits per heavy atom.